The van der Waals surface area contributed by atoms with Crippen LogP contribution in [0.1, 0.15) is 33.6 Å². The molecule has 0 saturated carbocycles. The van der Waals surface area contributed by atoms with E-state index < -0.39 is 20.0 Å². The van der Waals surface area contributed by atoms with Crippen molar-refractivity contribution in [2.45, 2.75) is 38.5 Å². The van der Waals surface area contributed by atoms with E-state index in [0.29, 0.717) is 38.3 Å². The van der Waals surface area contributed by atoms with E-state index in [9.17, 15) is 16.8 Å². The summed E-state index contributed by atoms with van der Waals surface area (Å²) in [5, 5.41) is 0. The minimum absolute atomic E-state index is 0.0105. The Bertz CT molecular complexity index is 802. The van der Waals surface area contributed by atoms with Gasteiger partial charge in [0.1, 0.15) is 10.6 Å². The number of hydrogen-bond donors (Lipinski definition) is 0. The Balaban J connectivity index is 2.57. The minimum atomic E-state index is -3.77. The molecule has 142 valence electrons. The van der Waals surface area contributed by atoms with Gasteiger partial charge in [0.25, 0.3) is 0 Å². The van der Waals surface area contributed by atoms with Gasteiger partial charge in [0.2, 0.25) is 20.0 Å². The van der Waals surface area contributed by atoms with E-state index in [1.807, 2.05) is 0 Å². The number of sulfonamides is 2. The molecule has 1 aromatic carbocycles. The normalized spacial score (nSPS) is 17.7. The average molecular weight is 391 g/mol. The lowest BCUT2D eigenvalue weighted by molar-refractivity contribution is 0.329. The number of benzene rings is 1. The van der Waals surface area contributed by atoms with Crippen molar-refractivity contribution in [3.63, 3.8) is 0 Å². The lowest BCUT2D eigenvalue weighted by Gasteiger charge is -2.29. The molecule has 1 aromatic rings. The smallest absolute Gasteiger partial charge is 0.246 e. The molecule has 7 nitrogen and oxygen atoms in total. The number of nitrogens with zero attached hydrogens (tertiary/aromatic N) is 2. The molecule has 0 N–H and O–H groups in total. The van der Waals surface area contributed by atoms with Crippen LogP contribution in [0.5, 0.6) is 5.75 Å². The topological polar surface area (TPSA) is 84.0 Å². The van der Waals surface area contributed by atoms with Crippen LogP contribution in [0, 0.1) is 0 Å². The van der Waals surface area contributed by atoms with Gasteiger partial charge in [-0.1, -0.05) is 13.8 Å². The Hall–Kier alpha value is -1.32. The van der Waals surface area contributed by atoms with Crippen molar-refractivity contribution in [2.24, 2.45) is 0 Å². The quantitative estimate of drug-likeness (QED) is 0.711. The monoisotopic (exact) mass is 390 g/mol. The molecule has 1 aliphatic heterocycles. The SMILES string of the molecule is CCOc1ccc(N2CCCCS2(=O)=O)cc1S(=O)(=O)N(CC)CC. The first-order valence-electron chi connectivity index (χ1n) is 8.55. The molecule has 1 saturated heterocycles. The summed E-state index contributed by atoms with van der Waals surface area (Å²) in [5.74, 6) is 0.325. The fourth-order valence-electron chi connectivity index (χ4n) is 2.91. The molecule has 1 aliphatic rings. The van der Waals surface area contributed by atoms with Crippen LogP contribution in [0.25, 0.3) is 0 Å². The fourth-order valence-corrected chi connectivity index (χ4v) is 6.15. The lowest BCUT2D eigenvalue weighted by atomic mass is 10.2. The largest absolute Gasteiger partial charge is 0.492 e. The van der Waals surface area contributed by atoms with Crippen LogP contribution in [-0.4, -0.2) is 53.1 Å². The first-order valence-corrected chi connectivity index (χ1v) is 11.6. The van der Waals surface area contributed by atoms with E-state index in [0.717, 1.165) is 6.42 Å². The molecule has 25 heavy (non-hydrogen) atoms. The summed E-state index contributed by atoms with van der Waals surface area (Å²) in [4.78, 5) is 0.0105. The van der Waals surface area contributed by atoms with Crippen molar-refractivity contribution in [1.29, 1.82) is 0 Å². The van der Waals surface area contributed by atoms with Gasteiger partial charge in [0.05, 0.1) is 18.0 Å². The van der Waals surface area contributed by atoms with E-state index in [1.54, 1.807) is 32.9 Å². The molecule has 1 fully saturated rings. The third-order valence-corrected chi connectivity index (χ3v) is 8.13. The molecule has 0 unspecified atom stereocenters. The molecule has 2 rings (SSSR count). The highest BCUT2D eigenvalue weighted by Gasteiger charge is 2.30. The highest BCUT2D eigenvalue weighted by Crippen LogP contribution is 2.33. The Labute approximate surface area is 150 Å². The summed E-state index contributed by atoms with van der Waals surface area (Å²) in [5.41, 5.74) is 0.369. The Morgan fingerprint density at radius 1 is 1.16 bits per heavy atom. The highest BCUT2D eigenvalue weighted by atomic mass is 32.2. The highest BCUT2D eigenvalue weighted by molar-refractivity contribution is 7.92. The van der Waals surface area contributed by atoms with E-state index in [-0.39, 0.29) is 16.4 Å². The molecule has 0 bridgehead atoms. The van der Waals surface area contributed by atoms with E-state index in [2.05, 4.69) is 0 Å². The Kier molecular flexibility index (Phi) is 6.34. The maximum Gasteiger partial charge on any atom is 0.246 e. The summed E-state index contributed by atoms with van der Waals surface area (Å²) in [7, 11) is -7.18. The average Bonchev–Trinajstić information content (AvgIpc) is 2.56. The fraction of sp³-hybridized carbons (Fsp3) is 0.625. The zero-order valence-corrected chi connectivity index (χ0v) is 16.6. The van der Waals surface area contributed by atoms with E-state index >= 15 is 0 Å². The predicted molar refractivity (Wildman–Crippen MR) is 98.1 cm³/mol. The van der Waals surface area contributed by atoms with Gasteiger partial charge in [0, 0.05) is 19.6 Å². The van der Waals surface area contributed by atoms with Crippen molar-refractivity contribution in [3.05, 3.63) is 18.2 Å². The molecule has 0 aliphatic carbocycles. The van der Waals surface area contributed by atoms with Gasteiger partial charge in [-0.2, -0.15) is 4.31 Å². The van der Waals surface area contributed by atoms with Gasteiger partial charge < -0.3 is 4.74 Å². The third-order valence-electron chi connectivity index (χ3n) is 4.19. The molecule has 1 heterocycles. The van der Waals surface area contributed by atoms with E-state index in [4.69, 9.17) is 4.74 Å². The summed E-state index contributed by atoms with van der Waals surface area (Å²) in [6.45, 7) is 6.65. The molecule has 0 amide bonds. The molecule has 0 atom stereocenters. The van der Waals surface area contributed by atoms with Gasteiger partial charge in [-0.15, -0.1) is 0 Å². The number of rotatable bonds is 7. The van der Waals surface area contributed by atoms with Crippen molar-refractivity contribution >= 4 is 25.7 Å². The summed E-state index contributed by atoms with van der Waals surface area (Å²) >= 11 is 0. The predicted octanol–water partition coefficient (Wildman–Crippen LogP) is 2.05. The zero-order chi connectivity index (χ0) is 18.7. The maximum atomic E-state index is 13.0. The molecular weight excluding hydrogens is 364 g/mol. The van der Waals surface area contributed by atoms with Crippen LogP contribution in [0.15, 0.2) is 23.1 Å². The first-order chi connectivity index (χ1) is 11.8. The number of ether oxygens (including phenoxy) is 1. The molecule has 0 radical (unpaired) electrons. The van der Waals surface area contributed by atoms with Crippen molar-refractivity contribution < 1.29 is 21.6 Å². The van der Waals surface area contributed by atoms with E-state index in [1.165, 1.54) is 14.7 Å². The second-order valence-electron chi connectivity index (χ2n) is 5.75. The Morgan fingerprint density at radius 2 is 1.84 bits per heavy atom. The minimum Gasteiger partial charge on any atom is -0.492 e. The van der Waals surface area contributed by atoms with Crippen LogP contribution in [0.3, 0.4) is 0 Å². The van der Waals surface area contributed by atoms with Gasteiger partial charge in [-0.05, 0) is 38.0 Å². The number of hydrogen-bond acceptors (Lipinski definition) is 5. The second kappa shape index (κ2) is 7.92. The van der Waals surface area contributed by atoms with Crippen LogP contribution < -0.4 is 9.04 Å². The van der Waals surface area contributed by atoms with Crippen LogP contribution in [0.2, 0.25) is 0 Å². The first kappa shape index (κ1) is 20.0. The molecule has 0 spiro atoms. The zero-order valence-electron chi connectivity index (χ0n) is 14.9. The molecular formula is C16H26N2O5S2. The maximum absolute atomic E-state index is 13.0. The summed E-state index contributed by atoms with van der Waals surface area (Å²) < 4.78 is 58.7. The van der Waals surface area contributed by atoms with Gasteiger partial charge in [-0.3, -0.25) is 4.31 Å². The van der Waals surface area contributed by atoms with Crippen molar-refractivity contribution in [3.8, 4) is 5.75 Å². The summed E-state index contributed by atoms with van der Waals surface area (Å²) in [6, 6.07) is 4.57. The van der Waals surface area contributed by atoms with Gasteiger partial charge in [-0.25, -0.2) is 16.8 Å². The van der Waals surface area contributed by atoms with Gasteiger partial charge >= 0.3 is 0 Å². The van der Waals surface area contributed by atoms with Crippen LogP contribution in [0.4, 0.5) is 5.69 Å². The Morgan fingerprint density at radius 3 is 2.40 bits per heavy atom. The number of anilines is 1. The standard InChI is InChI=1S/C16H26N2O5S2/c1-4-17(5-2)25(21,22)16-13-14(9-10-15(16)23-6-3)18-11-7-8-12-24(18,19)20/h9-10,13H,4-8,11-12H2,1-3H3. The van der Waals surface area contributed by atoms with Crippen LogP contribution in [-0.2, 0) is 20.0 Å². The second-order valence-corrected chi connectivity index (χ2v) is 9.67. The third kappa shape index (κ3) is 4.09. The van der Waals surface area contributed by atoms with Crippen molar-refractivity contribution in [1.82, 2.24) is 4.31 Å². The van der Waals surface area contributed by atoms with Crippen LogP contribution >= 0.6 is 0 Å². The molecule has 9 heteroatoms. The lowest BCUT2D eigenvalue weighted by Crippen LogP contribution is -2.38. The molecule has 0 aromatic heterocycles. The van der Waals surface area contributed by atoms with Gasteiger partial charge in [0.15, 0.2) is 0 Å². The summed E-state index contributed by atoms with van der Waals surface area (Å²) in [6.07, 6.45) is 1.38. The van der Waals surface area contributed by atoms with Crippen molar-refractivity contribution in [2.75, 3.05) is 36.3 Å².